The van der Waals surface area contributed by atoms with Crippen molar-refractivity contribution in [3.63, 3.8) is 0 Å². The second-order valence-corrected chi connectivity index (χ2v) is 5.09. The van der Waals surface area contributed by atoms with E-state index in [2.05, 4.69) is 22.2 Å². The zero-order valence-corrected chi connectivity index (χ0v) is 10.8. The highest BCUT2D eigenvalue weighted by Gasteiger charge is 2.41. The summed E-state index contributed by atoms with van der Waals surface area (Å²) in [6.45, 7) is 2.13. The van der Waals surface area contributed by atoms with Crippen LogP contribution in [0.1, 0.15) is 38.3 Å². The Hall–Kier alpha value is -2.16. The van der Waals surface area contributed by atoms with Gasteiger partial charge in [-0.05, 0) is 31.6 Å². The molecule has 1 aliphatic rings. The monoisotopic (exact) mass is 260 g/mol. The van der Waals surface area contributed by atoms with Crippen molar-refractivity contribution < 1.29 is 9.90 Å². The summed E-state index contributed by atoms with van der Waals surface area (Å²) in [5.41, 5.74) is -0.748. The second kappa shape index (κ2) is 5.22. The van der Waals surface area contributed by atoms with E-state index in [-0.39, 0.29) is 5.69 Å². The molecule has 1 saturated carbocycles. The van der Waals surface area contributed by atoms with E-state index in [4.69, 9.17) is 5.26 Å². The number of carboxylic acid groups (broad SMARTS) is 1. The summed E-state index contributed by atoms with van der Waals surface area (Å²) in [5, 5.41) is 21.1. The number of carbonyl (C=O) groups is 1. The highest BCUT2D eigenvalue weighted by atomic mass is 16.4. The van der Waals surface area contributed by atoms with Gasteiger partial charge in [0.05, 0.1) is 12.4 Å². The maximum absolute atomic E-state index is 11.5. The predicted molar refractivity (Wildman–Crippen MR) is 68.4 cm³/mol. The number of aromatic nitrogens is 2. The maximum Gasteiger partial charge on any atom is 0.329 e. The first-order chi connectivity index (χ1) is 9.05. The van der Waals surface area contributed by atoms with Crippen molar-refractivity contribution in [2.45, 2.75) is 38.1 Å². The molecule has 0 aromatic carbocycles. The summed E-state index contributed by atoms with van der Waals surface area (Å²) >= 11 is 0. The fourth-order valence-electron chi connectivity index (χ4n) is 2.34. The molecule has 1 heterocycles. The van der Waals surface area contributed by atoms with E-state index in [1.54, 1.807) is 0 Å². The summed E-state index contributed by atoms with van der Waals surface area (Å²) in [4.78, 5) is 19.5. The van der Waals surface area contributed by atoms with Crippen molar-refractivity contribution in [3.8, 4) is 6.07 Å². The summed E-state index contributed by atoms with van der Waals surface area (Å²) in [7, 11) is 0. The van der Waals surface area contributed by atoms with Gasteiger partial charge < -0.3 is 10.4 Å². The van der Waals surface area contributed by atoms with Crippen molar-refractivity contribution in [2.75, 3.05) is 5.32 Å². The van der Waals surface area contributed by atoms with Crippen LogP contribution in [0.5, 0.6) is 0 Å². The zero-order valence-electron chi connectivity index (χ0n) is 10.8. The third kappa shape index (κ3) is 2.81. The zero-order chi connectivity index (χ0) is 13.9. The van der Waals surface area contributed by atoms with Gasteiger partial charge in [-0.2, -0.15) is 5.26 Å². The minimum atomic E-state index is -0.963. The molecule has 1 aromatic heterocycles. The lowest BCUT2D eigenvalue weighted by Crippen LogP contribution is -2.49. The molecule has 0 spiro atoms. The van der Waals surface area contributed by atoms with Crippen LogP contribution in [0.4, 0.5) is 5.82 Å². The van der Waals surface area contributed by atoms with E-state index in [9.17, 15) is 9.90 Å². The van der Waals surface area contributed by atoms with Crippen LogP contribution < -0.4 is 5.32 Å². The smallest absolute Gasteiger partial charge is 0.329 e. The number of nitriles is 1. The molecule has 0 amide bonds. The van der Waals surface area contributed by atoms with Gasteiger partial charge in [-0.25, -0.2) is 14.8 Å². The Kier molecular flexibility index (Phi) is 3.65. The van der Waals surface area contributed by atoms with Crippen LogP contribution in [0.15, 0.2) is 12.4 Å². The third-order valence-corrected chi connectivity index (χ3v) is 3.67. The molecule has 100 valence electrons. The average molecular weight is 260 g/mol. The lowest BCUT2D eigenvalue weighted by molar-refractivity contribution is -0.143. The average Bonchev–Trinajstić information content (AvgIpc) is 2.42. The van der Waals surface area contributed by atoms with Crippen molar-refractivity contribution in [3.05, 3.63) is 18.1 Å². The molecule has 1 aliphatic carbocycles. The van der Waals surface area contributed by atoms with E-state index in [0.717, 1.165) is 12.8 Å². The minimum Gasteiger partial charge on any atom is -0.480 e. The fraction of sp³-hybridized carbons (Fsp3) is 0.538. The van der Waals surface area contributed by atoms with E-state index >= 15 is 0 Å². The Morgan fingerprint density at radius 1 is 1.47 bits per heavy atom. The molecule has 0 aliphatic heterocycles. The van der Waals surface area contributed by atoms with Crippen LogP contribution in [0.25, 0.3) is 0 Å². The maximum atomic E-state index is 11.5. The molecule has 2 N–H and O–H groups in total. The minimum absolute atomic E-state index is 0.215. The van der Waals surface area contributed by atoms with E-state index in [1.165, 1.54) is 12.4 Å². The molecule has 1 fully saturated rings. The molecule has 1 aromatic rings. The predicted octanol–water partition coefficient (Wildman–Crippen LogP) is 1.79. The summed E-state index contributed by atoms with van der Waals surface area (Å²) < 4.78 is 0. The van der Waals surface area contributed by atoms with Crippen LogP contribution in [-0.2, 0) is 4.79 Å². The van der Waals surface area contributed by atoms with Crippen LogP contribution in [0.2, 0.25) is 0 Å². The van der Waals surface area contributed by atoms with E-state index in [1.807, 2.05) is 6.07 Å². The number of hydrogen-bond acceptors (Lipinski definition) is 5. The number of anilines is 1. The highest BCUT2D eigenvalue weighted by molar-refractivity contribution is 5.82. The van der Waals surface area contributed by atoms with Gasteiger partial charge in [-0.15, -0.1) is 0 Å². The molecule has 0 radical (unpaired) electrons. The largest absolute Gasteiger partial charge is 0.480 e. The van der Waals surface area contributed by atoms with E-state index in [0.29, 0.717) is 24.6 Å². The molecular formula is C13H16N4O2. The normalized spacial score (nSPS) is 26.4. The first kappa shape index (κ1) is 13.3. The number of nitrogens with zero attached hydrogens (tertiary/aromatic N) is 3. The molecule has 6 nitrogen and oxygen atoms in total. The number of nitrogens with one attached hydrogen (secondary N) is 1. The van der Waals surface area contributed by atoms with Gasteiger partial charge in [0.1, 0.15) is 17.4 Å². The van der Waals surface area contributed by atoms with Crippen LogP contribution in [0, 0.1) is 17.2 Å². The summed E-state index contributed by atoms with van der Waals surface area (Å²) in [6, 6.07) is 1.88. The van der Waals surface area contributed by atoms with Crippen LogP contribution in [0.3, 0.4) is 0 Å². The summed E-state index contributed by atoms with van der Waals surface area (Å²) in [6.07, 6.45) is 5.65. The van der Waals surface area contributed by atoms with E-state index < -0.39 is 11.5 Å². The molecule has 0 atom stereocenters. The molecule has 19 heavy (non-hydrogen) atoms. The second-order valence-electron chi connectivity index (χ2n) is 5.09. The van der Waals surface area contributed by atoms with Crippen LogP contribution in [-0.4, -0.2) is 26.6 Å². The van der Waals surface area contributed by atoms with Gasteiger partial charge in [0.25, 0.3) is 0 Å². The Morgan fingerprint density at radius 3 is 2.63 bits per heavy atom. The molecule has 2 rings (SSSR count). The Bertz CT molecular complexity index is 498. The first-order valence-corrected chi connectivity index (χ1v) is 6.29. The highest BCUT2D eigenvalue weighted by Crippen LogP contribution is 2.34. The van der Waals surface area contributed by atoms with Crippen molar-refractivity contribution in [1.82, 2.24) is 9.97 Å². The lowest BCUT2D eigenvalue weighted by atomic mass is 9.77. The quantitative estimate of drug-likeness (QED) is 0.859. The van der Waals surface area contributed by atoms with Crippen molar-refractivity contribution >= 4 is 11.8 Å². The standard InChI is InChI=1S/C13H16N4O2/c1-9-2-4-13(5-3-9,12(18)19)17-11-8-15-10(6-14)7-16-11/h7-9H,2-5H2,1H3,(H,16,17)(H,18,19). The van der Waals surface area contributed by atoms with Crippen LogP contribution >= 0.6 is 0 Å². The Balaban J connectivity index is 2.17. The van der Waals surface area contributed by atoms with Gasteiger partial charge in [0.15, 0.2) is 5.69 Å². The number of carboxylic acids is 1. The fourth-order valence-corrected chi connectivity index (χ4v) is 2.34. The third-order valence-electron chi connectivity index (χ3n) is 3.67. The SMILES string of the molecule is CC1CCC(Nc2cnc(C#N)cn2)(C(=O)O)CC1. The topological polar surface area (TPSA) is 98.9 Å². The Morgan fingerprint density at radius 2 is 2.16 bits per heavy atom. The van der Waals surface area contributed by atoms with Gasteiger partial charge in [0, 0.05) is 0 Å². The van der Waals surface area contributed by atoms with Gasteiger partial charge in [-0.3, -0.25) is 0 Å². The number of rotatable bonds is 3. The van der Waals surface area contributed by atoms with Crippen molar-refractivity contribution in [2.24, 2.45) is 5.92 Å². The first-order valence-electron chi connectivity index (χ1n) is 6.29. The van der Waals surface area contributed by atoms with Crippen molar-refractivity contribution in [1.29, 1.82) is 5.26 Å². The molecule has 0 saturated heterocycles. The number of hydrogen-bond donors (Lipinski definition) is 2. The Labute approximate surface area is 111 Å². The van der Waals surface area contributed by atoms with Gasteiger partial charge >= 0.3 is 5.97 Å². The molecule has 0 bridgehead atoms. The molecule has 0 unspecified atom stereocenters. The van der Waals surface area contributed by atoms with Gasteiger partial charge in [0.2, 0.25) is 0 Å². The van der Waals surface area contributed by atoms with Gasteiger partial charge in [-0.1, -0.05) is 6.92 Å². The summed E-state index contributed by atoms with van der Waals surface area (Å²) in [5.74, 6) is 0.0998. The molecular weight excluding hydrogens is 244 g/mol. The lowest BCUT2D eigenvalue weighted by Gasteiger charge is -2.36. The molecule has 6 heteroatoms. The number of aliphatic carboxylic acids is 1.